The third-order valence-corrected chi connectivity index (χ3v) is 6.20. The van der Waals surface area contributed by atoms with E-state index in [-0.39, 0.29) is 17.9 Å². The van der Waals surface area contributed by atoms with Crippen molar-refractivity contribution in [3.63, 3.8) is 0 Å². The molecule has 2 heterocycles. The number of benzene rings is 2. The van der Waals surface area contributed by atoms with Crippen LogP contribution in [0.15, 0.2) is 61.2 Å². The Bertz CT molecular complexity index is 930. The lowest BCUT2D eigenvalue weighted by atomic mass is 9.95. The Hall–Kier alpha value is -3.08. The molecule has 4 rings (SSSR count). The second-order valence-corrected chi connectivity index (χ2v) is 8.13. The van der Waals surface area contributed by atoms with E-state index in [9.17, 15) is 9.59 Å². The molecule has 1 saturated heterocycles. The van der Waals surface area contributed by atoms with Crippen LogP contribution in [-0.2, 0) is 11.2 Å². The van der Waals surface area contributed by atoms with Crippen molar-refractivity contribution < 1.29 is 9.59 Å². The molecular weight excluding hydrogens is 374 g/mol. The molecule has 0 bridgehead atoms. The van der Waals surface area contributed by atoms with E-state index in [0.29, 0.717) is 25.1 Å². The highest BCUT2D eigenvalue weighted by molar-refractivity contribution is 5.97. The van der Waals surface area contributed by atoms with E-state index >= 15 is 0 Å². The number of rotatable bonds is 5. The molecule has 156 valence electrons. The van der Waals surface area contributed by atoms with Crippen molar-refractivity contribution in [3.05, 3.63) is 72.3 Å². The molecule has 0 N–H and O–H groups in total. The molecule has 2 aromatic carbocycles. The second-order valence-electron chi connectivity index (χ2n) is 8.13. The Morgan fingerprint density at radius 1 is 1.10 bits per heavy atom. The highest BCUT2D eigenvalue weighted by atomic mass is 16.2. The number of likely N-dealkylation sites (tertiary alicyclic amines) is 1. The molecule has 0 saturated carbocycles. The van der Waals surface area contributed by atoms with Gasteiger partial charge in [-0.25, -0.2) is 0 Å². The number of amides is 2. The number of carbonyl (C=O) groups is 2. The third kappa shape index (κ3) is 3.97. The zero-order valence-electron chi connectivity index (χ0n) is 17.6. The number of piperidine rings is 1. The second kappa shape index (κ2) is 8.74. The number of hydrogen-bond donors (Lipinski definition) is 0. The molecule has 2 aliphatic rings. The van der Waals surface area contributed by atoms with E-state index in [1.54, 1.807) is 0 Å². The number of fused-ring (bicyclic) bond motifs is 1. The number of nitrogens with zero attached hydrogens (tertiary/aromatic N) is 3. The molecule has 5 heteroatoms. The van der Waals surface area contributed by atoms with Crippen LogP contribution < -0.4 is 9.80 Å². The highest BCUT2D eigenvalue weighted by Gasteiger charge is 2.33. The van der Waals surface area contributed by atoms with Crippen molar-refractivity contribution in [1.82, 2.24) is 4.90 Å². The quantitative estimate of drug-likeness (QED) is 0.712. The minimum atomic E-state index is 0.0664. The first-order valence-corrected chi connectivity index (χ1v) is 10.7. The summed E-state index contributed by atoms with van der Waals surface area (Å²) < 4.78 is 0. The van der Waals surface area contributed by atoms with Gasteiger partial charge < -0.3 is 14.7 Å². The number of carbonyl (C=O) groups excluding carboxylic acids is 2. The maximum atomic E-state index is 13.0. The van der Waals surface area contributed by atoms with Gasteiger partial charge in [0, 0.05) is 56.1 Å². The Labute approximate surface area is 178 Å². The normalized spacial score (nSPS) is 16.9. The summed E-state index contributed by atoms with van der Waals surface area (Å²) in [5.41, 5.74) is 4.07. The predicted molar refractivity (Wildman–Crippen MR) is 121 cm³/mol. The highest BCUT2D eigenvalue weighted by Crippen LogP contribution is 2.32. The lowest BCUT2D eigenvalue weighted by Crippen LogP contribution is -2.50. The molecule has 2 aliphatic heterocycles. The van der Waals surface area contributed by atoms with Crippen molar-refractivity contribution >= 4 is 23.2 Å². The summed E-state index contributed by atoms with van der Waals surface area (Å²) in [6, 6.07) is 16.1. The van der Waals surface area contributed by atoms with Crippen molar-refractivity contribution in [2.75, 3.05) is 36.5 Å². The van der Waals surface area contributed by atoms with Gasteiger partial charge in [-0.05, 0) is 55.2 Å². The maximum absolute atomic E-state index is 13.0. The summed E-state index contributed by atoms with van der Waals surface area (Å²) in [7, 11) is 2.00. The van der Waals surface area contributed by atoms with Crippen molar-refractivity contribution in [2.24, 2.45) is 0 Å². The van der Waals surface area contributed by atoms with Crippen LogP contribution in [-0.4, -0.2) is 49.4 Å². The third-order valence-electron chi connectivity index (χ3n) is 6.20. The minimum absolute atomic E-state index is 0.0664. The summed E-state index contributed by atoms with van der Waals surface area (Å²) in [6.07, 6.45) is 4.87. The maximum Gasteiger partial charge on any atom is 0.253 e. The van der Waals surface area contributed by atoms with Gasteiger partial charge in [0.15, 0.2) is 0 Å². The van der Waals surface area contributed by atoms with Gasteiger partial charge in [0.05, 0.1) is 0 Å². The largest absolute Gasteiger partial charge is 0.371 e. The molecule has 2 amide bonds. The fourth-order valence-corrected chi connectivity index (χ4v) is 4.52. The average Bonchev–Trinajstić information content (AvgIpc) is 2.79. The van der Waals surface area contributed by atoms with E-state index in [0.717, 1.165) is 37.2 Å². The lowest BCUT2D eigenvalue weighted by molar-refractivity contribution is -0.119. The smallest absolute Gasteiger partial charge is 0.253 e. The van der Waals surface area contributed by atoms with E-state index < -0.39 is 0 Å². The summed E-state index contributed by atoms with van der Waals surface area (Å²) in [5, 5.41) is 0. The summed E-state index contributed by atoms with van der Waals surface area (Å²) >= 11 is 0. The van der Waals surface area contributed by atoms with Crippen LogP contribution in [0.1, 0.15) is 35.2 Å². The number of hydrogen-bond acceptors (Lipinski definition) is 3. The molecule has 0 unspecified atom stereocenters. The van der Waals surface area contributed by atoms with Crippen molar-refractivity contribution in [3.8, 4) is 0 Å². The molecule has 0 spiro atoms. The van der Waals surface area contributed by atoms with E-state index in [1.807, 2.05) is 59.3 Å². The average molecular weight is 404 g/mol. The van der Waals surface area contributed by atoms with Crippen molar-refractivity contribution in [2.45, 2.75) is 31.7 Å². The SMILES string of the molecule is C=CCN(C)c1ccc(C(=O)N2CCC(N3C(=O)CCc4ccccc43)CC2)cc1. The fraction of sp³-hybridized carbons (Fsp3) is 0.360. The first-order valence-electron chi connectivity index (χ1n) is 10.7. The summed E-state index contributed by atoms with van der Waals surface area (Å²) in [4.78, 5) is 31.6. The molecular formula is C25H29N3O2. The molecule has 2 aromatic rings. The van der Waals surface area contributed by atoms with Gasteiger partial charge in [-0.1, -0.05) is 24.3 Å². The number of para-hydroxylation sites is 1. The van der Waals surface area contributed by atoms with Gasteiger partial charge in [-0.3, -0.25) is 9.59 Å². The van der Waals surface area contributed by atoms with Gasteiger partial charge in [0.1, 0.15) is 0 Å². The van der Waals surface area contributed by atoms with Gasteiger partial charge >= 0.3 is 0 Å². The molecule has 1 fully saturated rings. The van der Waals surface area contributed by atoms with E-state index in [4.69, 9.17) is 0 Å². The molecule has 0 aromatic heterocycles. The van der Waals surface area contributed by atoms with Gasteiger partial charge in [0.25, 0.3) is 5.91 Å². The standard InChI is InChI=1S/C25H29N3O2/c1-3-16-26(2)21-11-8-20(9-12-21)25(30)27-17-14-22(15-18-27)28-23-7-5-4-6-19(23)10-13-24(28)29/h3-9,11-12,22H,1,10,13-18H2,2H3. The molecule has 5 nitrogen and oxygen atoms in total. The number of aryl methyl sites for hydroxylation is 1. The van der Waals surface area contributed by atoms with Gasteiger partial charge in [0.2, 0.25) is 5.91 Å². The monoisotopic (exact) mass is 403 g/mol. The van der Waals surface area contributed by atoms with Gasteiger partial charge in [-0.2, -0.15) is 0 Å². The Morgan fingerprint density at radius 3 is 2.50 bits per heavy atom. The first kappa shape index (κ1) is 20.2. The lowest BCUT2D eigenvalue weighted by Gasteiger charge is -2.41. The summed E-state index contributed by atoms with van der Waals surface area (Å²) in [5.74, 6) is 0.273. The van der Waals surface area contributed by atoms with Crippen LogP contribution in [0.25, 0.3) is 0 Å². The van der Waals surface area contributed by atoms with Crippen LogP contribution in [0, 0.1) is 0 Å². The topological polar surface area (TPSA) is 43.9 Å². The Kier molecular flexibility index (Phi) is 5.88. The van der Waals surface area contributed by atoms with Crippen LogP contribution in [0.2, 0.25) is 0 Å². The van der Waals surface area contributed by atoms with Crippen LogP contribution in [0.5, 0.6) is 0 Å². The van der Waals surface area contributed by atoms with Crippen LogP contribution in [0.4, 0.5) is 11.4 Å². The van der Waals surface area contributed by atoms with E-state index in [2.05, 4.69) is 23.6 Å². The Balaban J connectivity index is 1.40. The van der Waals surface area contributed by atoms with Crippen LogP contribution >= 0.6 is 0 Å². The van der Waals surface area contributed by atoms with Crippen molar-refractivity contribution in [1.29, 1.82) is 0 Å². The zero-order chi connectivity index (χ0) is 21.1. The predicted octanol–water partition coefficient (Wildman–Crippen LogP) is 3.89. The summed E-state index contributed by atoms with van der Waals surface area (Å²) in [6.45, 7) is 5.87. The fourth-order valence-electron chi connectivity index (χ4n) is 4.52. The zero-order valence-corrected chi connectivity index (χ0v) is 17.6. The molecule has 0 radical (unpaired) electrons. The number of anilines is 2. The first-order chi connectivity index (χ1) is 14.6. The molecule has 0 aliphatic carbocycles. The minimum Gasteiger partial charge on any atom is -0.371 e. The van der Waals surface area contributed by atoms with Crippen LogP contribution in [0.3, 0.4) is 0 Å². The molecule has 30 heavy (non-hydrogen) atoms. The Morgan fingerprint density at radius 2 is 1.80 bits per heavy atom. The molecule has 0 atom stereocenters. The number of likely N-dealkylation sites (N-methyl/N-ethyl adjacent to an activating group) is 1. The van der Waals surface area contributed by atoms with Gasteiger partial charge in [-0.15, -0.1) is 6.58 Å². The van der Waals surface area contributed by atoms with E-state index in [1.165, 1.54) is 5.56 Å².